The monoisotopic (exact) mass is 316 g/mol. The fraction of sp³-hybridized carbons (Fsp3) is 0.143. The van der Waals surface area contributed by atoms with E-state index in [2.05, 4.69) is 9.47 Å². The molecule has 4 nitrogen and oxygen atoms in total. The van der Waals surface area contributed by atoms with Gasteiger partial charge < -0.3 is 20.9 Å². The molecule has 2 aromatic carbocycles. The van der Waals surface area contributed by atoms with Gasteiger partial charge in [0.2, 0.25) is 0 Å². The van der Waals surface area contributed by atoms with Crippen LogP contribution in [0.15, 0.2) is 36.4 Å². The van der Waals surface area contributed by atoms with Gasteiger partial charge in [-0.15, -0.1) is 0 Å². The molecule has 8 heteroatoms. The van der Waals surface area contributed by atoms with Crippen LogP contribution in [0.25, 0.3) is 11.1 Å². The summed E-state index contributed by atoms with van der Waals surface area (Å²) in [6.07, 6.45) is 0. The Bertz CT molecular complexity index is 608. The fourth-order valence-electron chi connectivity index (χ4n) is 1.91. The van der Waals surface area contributed by atoms with Gasteiger partial charge in [-0.3, -0.25) is 0 Å². The van der Waals surface area contributed by atoms with E-state index in [0.717, 1.165) is 0 Å². The van der Waals surface area contributed by atoms with Gasteiger partial charge in [0.25, 0.3) is 0 Å². The van der Waals surface area contributed by atoms with Crippen molar-refractivity contribution in [2.24, 2.45) is 0 Å². The van der Waals surface area contributed by atoms with Crippen LogP contribution in [0, 0.1) is 0 Å². The number of nitrogen functional groups attached to an aromatic ring is 2. The molecule has 0 aliphatic carbocycles. The summed E-state index contributed by atoms with van der Waals surface area (Å²) in [6.45, 7) is -6.18. The smallest absolute Gasteiger partial charge is 0.387 e. The number of hydrogen-bond donors (Lipinski definition) is 2. The van der Waals surface area contributed by atoms with E-state index in [1.807, 2.05) is 0 Å². The number of nitrogens with two attached hydrogens (primary N) is 2. The van der Waals surface area contributed by atoms with Crippen molar-refractivity contribution in [3.8, 4) is 22.6 Å². The van der Waals surface area contributed by atoms with Crippen LogP contribution < -0.4 is 20.9 Å². The molecule has 4 N–H and O–H groups in total. The van der Waals surface area contributed by atoms with Crippen LogP contribution in [0.3, 0.4) is 0 Å². The summed E-state index contributed by atoms with van der Waals surface area (Å²) in [7, 11) is 0. The Morgan fingerprint density at radius 1 is 0.682 bits per heavy atom. The van der Waals surface area contributed by atoms with Crippen molar-refractivity contribution >= 4 is 11.4 Å². The quantitative estimate of drug-likeness (QED) is 0.651. The highest BCUT2D eigenvalue weighted by molar-refractivity contribution is 5.79. The largest absolute Gasteiger partial charge is 0.434 e. The number of ether oxygens (including phenoxy) is 2. The molecule has 118 valence electrons. The van der Waals surface area contributed by atoms with Crippen LogP contribution in [0.1, 0.15) is 0 Å². The second-order valence-corrected chi connectivity index (χ2v) is 4.27. The van der Waals surface area contributed by atoms with E-state index in [4.69, 9.17) is 11.5 Å². The van der Waals surface area contributed by atoms with E-state index >= 15 is 0 Å². The molecule has 0 amide bonds. The van der Waals surface area contributed by atoms with E-state index in [1.165, 1.54) is 36.4 Å². The zero-order valence-corrected chi connectivity index (χ0v) is 11.1. The number of halogens is 4. The third kappa shape index (κ3) is 3.72. The van der Waals surface area contributed by atoms with Gasteiger partial charge in [-0.1, -0.05) is 0 Å². The highest BCUT2D eigenvalue weighted by Crippen LogP contribution is 2.39. The molecule has 0 fully saturated rings. The SMILES string of the molecule is Nc1ccc(-c2ccc(N)cc2OC(F)F)c(OC(F)F)c1. The van der Waals surface area contributed by atoms with E-state index in [1.54, 1.807) is 0 Å². The molecular formula is C14H12F4N2O2. The Morgan fingerprint density at radius 2 is 1.05 bits per heavy atom. The van der Waals surface area contributed by atoms with Crippen LogP contribution >= 0.6 is 0 Å². The number of alkyl halides is 4. The first-order chi connectivity index (χ1) is 10.4. The van der Waals surface area contributed by atoms with Crippen LogP contribution in [0.2, 0.25) is 0 Å². The molecule has 2 rings (SSSR count). The van der Waals surface area contributed by atoms with E-state index in [9.17, 15) is 17.6 Å². The minimum Gasteiger partial charge on any atom is -0.434 e. The van der Waals surface area contributed by atoms with Gasteiger partial charge in [0.15, 0.2) is 0 Å². The summed E-state index contributed by atoms with van der Waals surface area (Å²) in [4.78, 5) is 0. The Morgan fingerprint density at radius 3 is 1.36 bits per heavy atom. The average molecular weight is 316 g/mol. The molecule has 0 aliphatic rings. The molecule has 0 atom stereocenters. The predicted molar refractivity (Wildman–Crippen MR) is 74.0 cm³/mol. The summed E-state index contributed by atoms with van der Waals surface area (Å²) < 4.78 is 58.7. The minimum atomic E-state index is -3.09. The second kappa shape index (κ2) is 6.42. The molecule has 0 aliphatic heterocycles. The van der Waals surface area contributed by atoms with Gasteiger partial charge in [-0.05, 0) is 24.3 Å². The summed E-state index contributed by atoms with van der Waals surface area (Å²) in [5.74, 6) is -0.502. The first-order valence-electron chi connectivity index (χ1n) is 6.06. The standard InChI is InChI=1S/C14H12F4N2O2/c15-13(16)21-11-5-7(19)1-3-9(11)10-4-2-8(20)6-12(10)22-14(17)18/h1-6,13-14H,19-20H2. The van der Waals surface area contributed by atoms with Gasteiger partial charge in [0.1, 0.15) is 11.5 Å². The minimum absolute atomic E-state index is 0.130. The van der Waals surface area contributed by atoms with Crippen LogP contribution in [0.5, 0.6) is 11.5 Å². The lowest BCUT2D eigenvalue weighted by atomic mass is 10.0. The predicted octanol–water partition coefficient (Wildman–Crippen LogP) is 3.72. The Labute approximate surface area is 123 Å². The van der Waals surface area contributed by atoms with Crippen molar-refractivity contribution in [2.45, 2.75) is 13.2 Å². The molecule has 0 unspecified atom stereocenters. The van der Waals surface area contributed by atoms with Crippen molar-refractivity contribution in [3.63, 3.8) is 0 Å². The molecule has 0 spiro atoms. The van der Waals surface area contributed by atoms with E-state index in [-0.39, 0.29) is 34.0 Å². The average Bonchev–Trinajstić information content (AvgIpc) is 2.38. The van der Waals surface area contributed by atoms with Gasteiger partial charge >= 0.3 is 13.2 Å². The molecule has 0 radical (unpaired) electrons. The Hall–Kier alpha value is -2.64. The van der Waals surface area contributed by atoms with Crippen LogP contribution in [-0.4, -0.2) is 13.2 Å². The molecule has 0 saturated carbocycles. The highest BCUT2D eigenvalue weighted by atomic mass is 19.3. The first kappa shape index (κ1) is 15.7. The van der Waals surface area contributed by atoms with Crippen molar-refractivity contribution in [1.29, 1.82) is 0 Å². The van der Waals surface area contributed by atoms with Crippen LogP contribution in [-0.2, 0) is 0 Å². The zero-order chi connectivity index (χ0) is 16.3. The maximum absolute atomic E-state index is 12.5. The van der Waals surface area contributed by atoms with E-state index < -0.39 is 13.2 Å². The third-order valence-corrected chi connectivity index (χ3v) is 2.73. The summed E-state index contributed by atoms with van der Waals surface area (Å²) in [6, 6.07) is 7.94. The molecule has 2 aromatic rings. The maximum Gasteiger partial charge on any atom is 0.387 e. The second-order valence-electron chi connectivity index (χ2n) is 4.27. The molecular weight excluding hydrogens is 304 g/mol. The fourth-order valence-corrected chi connectivity index (χ4v) is 1.91. The van der Waals surface area contributed by atoms with Gasteiger partial charge in [-0.2, -0.15) is 17.6 Å². The van der Waals surface area contributed by atoms with E-state index in [0.29, 0.717) is 0 Å². The lowest BCUT2D eigenvalue weighted by Crippen LogP contribution is -2.06. The third-order valence-electron chi connectivity index (χ3n) is 2.73. The molecule has 0 aromatic heterocycles. The number of hydrogen-bond acceptors (Lipinski definition) is 4. The normalized spacial score (nSPS) is 11.0. The van der Waals surface area contributed by atoms with Gasteiger partial charge in [-0.25, -0.2) is 0 Å². The highest BCUT2D eigenvalue weighted by Gasteiger charge is 2.17. The topological polar surface area (TPSA) is 70.5 Å². The van der Waals surface area contributed by atoms with Crippen molar-refractivity contribution in [1.82, 2.24) is 0 Å². The lowest BCUT2D eigenvalue weighted by molar-refractivity contribution is -0.0513. The lowest BCUT2D eigenvalue weighted by Gasteiger charge is -2.15. The van der Waals surface area contributed by atoms with Crippen LogP contribution in [0.4, 0.5) is 28.9 Å². The maximum atomic E-state index is 12.5. The molecule has 22 heavy (non-hydrogen) atoms. The Balaban J connectivity index is 2.55. The summed E-state index contributed by atoms with van der Waals surface area (Å²) >= 11 is 0. The number of anilines is 2. The first-order valence-corrected chi connectivity index (χ1v) is 6.06. The van der Waals surface area contributed by atoms with Crippen molar-refractivity contribution in [3.05, 3.63) is 36.4 Å². The molecule has 0 bridgehead atoms. The van der Waals surface area contributed by atoms with Gasteiger partial charge in [0, 0.05) is 34.6 Å². The summed E-state index contributed by atoms with van der Waals surface area (Å²) in [5.41, 5.74) is 11.7. The molecule has 0 heterocycles. The summed E-state index contributed by atoms with van der Waals surface area (Å²) in [5, 5.41) is 0. The van der Waals surface area contributed by atoms with Crippen molar-refractivity contribution < 1.29 is 27.0 Å². The Kier molecular flexibility index (Phi) is 4.59. The van der Waals surface area contributed by atoms with Crippen molar-refractivity contribution in [2.75, 3.05) is 11.5 Å². The van der Waals surface area contributed by atoms with Gasteiger partial charge in [0.05, 0.1) is 0 Å². The number of benzene rings is 2. The zero-order valence-electron chi connectivity index (χ0n) is 11.1. The molecule has 0 saturated heterocycles. The number of rotatable bonds is 5.